The van der Waals surface area contributed by atoms with Gasteiger partial charge in [0.1, 0.15) is 0 Å². The van der Waals surface area contributed by atoms with E-state index in [2.05, 4.69) is 0 Å². The lowest BCUT2D eigenvalue weighted by atomic mass is 9.84. The van der Waals surface area contributed by atoms with Crippen molar-refractivity contribution in [3.05, 3.63) is 0 Å². The van der Waals surface area contributed by atoms with E-state index >= 15 is 0 Å². The maximum atomic E-state index is 11.8. The second-order valence-electron chi connectivity index (χ2n) is 5.69. The third-order valence-electron chi connectivity index (χ3n) is 4.66. The van der Waals surface area contributed by atoms with Crippen molar-refractivity contribution in [3.8, 4) is 0 Å². The summed E-state index contributed by atoms with van der Waals surface area (Å²) >= 11 is 0. The number of carbonyl (C=O) groups excluding carboxylic acids is 2. The van der Waals surface area contributed by atoms with Crippen molar-refractivity contribution < 1.29 is 24.2 Å². The van der Waals surface area contributed by atoms with Crippen LogP contribution in [0.4, 0.5) is 0 Å². The molecule has 5 heteroatoms. The van der Waals surface area contributed by atoms with Crippen molar-refractivity contribution >= 4 is 11.9 Å². The first-order valence-electron chi connectivity index (χ1n) is 7.29. The molecule has 4 atom stereocenters. The molecule has 0 aromatic heterocycles. The monoisotopic (exact) mass is 286 g/mol. The molecule has 1 rings (SSSR count). The second-order valence-corrected chi connectivity index (χ2v) is 5.69. The largest absolute Gasteiger partial charge is 0.468 e. The molecule has 1 N–H and O–H groups in total. The van der Waals surface area contributed by atoms with Crippen LogP contribution < -0.4 is 0 Å². The standard InChI is InChI=1S/C15H26O5/c1-5-12(16)9(2)10-6-7-11(8-10)13(14(17)19-3)15(18)20-4/h9-13,16H,5-8H2,1-4H3. The average molecular weight is 286 g/mol. The van der Waals surface area contributed by atoms with Gasteiger partial charge < -0.3 is 14.6 Å². The summed E-state index contributed by atoms with van der Waals surface area (Å²) in [5.41, 5.74) is 0. The molecule has 5 nitrogen and oxygen atoms in total. The smallest absolute Gasteiger partial charge is 0.320 e. The minimum Gasteiger partial charge on any atom is -0.468 e. The highest BCUT2D eigenvalue weighted by molar-refractivity contribution is 5.95. The Morgan fingerprint density at radius 2 is 1.65 bits per heavy atom. The van der Waals surface area contributed by atoms with Crippen LogP contribution in [0, 0.1) is 23.7 Å². The summed E-state index contributed by atoms with van der Waals surface area (Å²) < 4.78 is 9.45. The van der Waals surface area contributed by atoms with Crippen molar-refractivity contribution in [1.29, 1.82) is 0 Å². The maximum Gasteiger partial charge on any atom is 0.320 e. The zero-order valence-electron chi connectivity index (χ0n) is 12.8. The number of rotatable bonds is 6. The second kappa shape index (κ2) is 7.62. The average Bonchev–Trinajstić information content (AvgIpc) is 2.94. The fraction of sp³-hybridized carbons (Fsp3) is 0.867. The van der Waals surface area contributed by atoms with Gasteiger partial charge in [-0.25, -0.2) is 0 Å². The van der Waals surface area contributed by atoms with Gasteiger partial charge in [-0.1, -0.05) is 13.8 Å². The Labute approximate surface area is 120 Å². The first-order chi connectivity index (χ1) is 9.46. The zero-order valence-corrected chi connectivity index (χ0v) is 12.8. The first-order valence-corrected chi connectivity index (χ1v) is 7.29. The van der Waals surface area contributed by atoms with Crippen LogP contribution >= 0.6 is 0 Å². The zero-order chi connectivity index (χ0) is 15.3. The summed E-state index contributed by atoms with van der Waals surface area (Å²) in [7, 11) is 2.57. The minimum absolute atomic E-state index is 0.0496. The van der Waals surface area contributed by atoms with Gasteiger partial charge in [0.2, 0.25) is 0 Å². The lowest BCUT2D eigenvalue weighted by Crippen LogP contribution is -2.33. The molecule has 0 heterocycles. The molecule has 4 unspecified atom stereocenters. The van der Waals surface area contributed by atoms with Crippen molar-refractivity contribution in [2.75, 3.05) is 14.2 Å². The van der Waals surface area contributed by atoms with E-state index in [0.717, 1.165) is 25.7 Å². The van der Waals surface area contributed by atoms with Crippen LogP contribution in [-0.4, -0.2) is 37.4 Å². The molecule has 1 aliphatic carbocycles. The number of methoxy groups -OCH3 is 2. The van der Waals surface area contributed by atoms with E-state index in [1.54, 1.807) is 0 Å². The van der Waals surface area contributed by atoms with Crippen LogP contribution in [0.5, 0.6) is 0 Å². The topological polar surface area (TPSA) is 72.8 Å². The fourth-order valence-electron chi connectivity index (χ4n) is 3.25. The molecule has 1 aliphatic rings. The van der Waals surface area contributed by atoms with Crippen LogP contribution in [-0.2, 0) is 19.1 Å². The summed E-state index contributed by atoms with van der Waals surface area (Å²) in [6.45, 7) is 3.99. The normalized spacial score (nSPS) is 25.3. The van der Waals surface area contributed by atoms with Crippen molar-refractivity contribution in [2.45, 2.75) is 45.6 Å². The minimum atomic E-state index is -0.832. The van der Waals surface area contributed by atoms with E-state index in [-0.39, 0.29) is 17.9 Å². The number of hydrogen-bond acceptors (Lipinski definition) is 5. The van der Waals surface area contributed by atoms with Crippen LogP contribution in [0.15, 0.2) is 0 Å². The van der Waals surface area contributed by atoms with Crippen LogP contribution in [0.2, 0.25) is 0 Å². The van der Waals surface area contributed by atoms with Crippen LogP contribution in [0.1, 0.15) is 39.5 Å². The summed E-state index contributed by atoms with van der Waals surface area (Å²) in [5.74, 6) is -1.41. The van der Waals surface area contributed by atoms with Gasteiger partial charge in [-0.05, 0) is 43.4 Å². The van der Waals surface area contributed by atoms with E-state index in [1.165, 1.54) is 14.2 Å². The van der Waals surface area contributed by atoms with E-state index in [1.807, 2.05) is 13.8 Å². The molecule has 116 valence electrons. The van der Waals surface area contributed by atoms with Gasteiger partial charge in [0.05, 0.1) is 20.3 Å². The Hall–Kier alpha value is -1.10. The van der Waals surface area contributed by atoms with Crippen molar-refractivity contribution in [2.24, 2.45) is 23.7 Å². The number of carbonyl (C=O) groups is 2. The van der Waals surface area contributed by atoms with Crippen molar-refractivity contribution in [3.63, 3.8) is 0 Å². The Kier molecular flexibility index (Phi) is 6.46. The molecular formula is C15H26O5. The number of ether oxygens (including phenoxy) is 2. The summed E-state index contributed by atoms with van der Waals surface area (Å²) in [4.78, 5) is 23.6. The van der Waals surface area contributed by atoms with E-state index < -0.39 is 17.9 Å². The molecule has 20 heavy (non-hydrogen) atoms. The summed E-state index contributed by atoms with van der Waals surface area (Å²) in [6, 6.07) is 0. The van der Waals surface area contributed by atoms with Crippen LogP contribution in [0.25, 0.3) is 0 Å². The number of hydrogen-bond donors (Lipinski definition) is 1. The van der Waals surface area contributed by atoms with E-state index in [9.17, 15) is 14.7 Å². The molecule has 0 radical (unpaired) electrons. The Morgan fingerprint density at radius 3 is 2.10 bits per heavy atom. The van der Waals surface area contributed by atoms with Gasteiger partial charge in [0.15, 0.2) is 5.92 Å². The van der Waals surface area contributed by atoms with Crippen LogP contribution in [0.3, 0.4) is 0 Å². The van der Waals surface area contributed by atoms with Gasteiger partial charge >= 0.3 is 11.9 Å². The highest BCUT2D eigenvalue weighted by atomic mass is 16.5. The number of aliphatic hydroxyl groups is 1. The lowest BCUT2D eigenvalue weighted by Gasteiger charge is -2.25. The Bertz CT molecular complexity index is 325. The Balaban J connectivity index is 2.73. The fourth-order valence-corrected chi connectivity index (χ4v) is 3.25. The van der Waals surface area contributed by atoms with E-state index in [4.69, 9.17) is 9.47 Å². The lowest BCUT2D eigenvalue weighted by molar-refractivity contribution is -0.161. The van der Waals surface area contributed by atoms with Gasteiger partial charge in [-0.2, -0.15) is 0 Å². The quantitative estimate of drug-likeness (QED) is 0.595. The molecule has 0 saturated heterocycles. The first kappa shape index (κ1) is 17.0. The van der Waals surface area contributed by atoms with Gasteiger partial charge in [-0.3, -0.25) is 9.59 Å². The van der Waals surface area contributed by atoms with Gasteiger partial charge in [-0.15, -0.1) is 0 Å². The Morgan fingerprint density at radius 1 is 1.15 bits per heavy atom. The predicted molar refractivity (Wildman–Crippen MR) is 73.8 cm³/mol. The third-order valence-corrected chi connectivity index (χ3v) is 4.66. The third kappa shape index (κ3) is 3.72. The highest BCUT2D eigenvalue weighted by Crippen LogP contribution is 2.41. The number of aliphatic hydroxyl groups excluding tert-OH is 1. The molecule has 0 spiro atoms. The number of esters is 2. The SMILES string of the molecule is CCC(O)C(C)C1CCC(C(C(=O)OC)C(=O)OC)C1. The molecule has 0 aromatic carbocycles. The molecule has 0 amide bonds. The molecular weight excluding hydrogens is 260 g/mol. The van der Waals surface area contributed by atoms with Crippen molar-refractivity contribution in [1.82, 2.24) is 0 Å². The highest BCUT2D eigenvalue weighted by Gasteiger charge is 2.42. The molecule has 1 fully saturated rings. The van der Waals surface area contributed by atoms with E-state index in [0.29, 0.717) is 5.92 Å². The predicted octanol–water partition coefficient (Wildman–Crippen LogP) is 1.77. The molecule has 0 bridgehead atoms. The maximum absolute atomic E-state index is 11.8. The molecule has 0 aliphatic heterocycles. The molecule has 1 saturated carbocycles. The van der Waals surface area contributed by atoms with Gasteiger partial charge in [0, 0.05) is 0 Å². The molecule has 0 aromatic rings. The van der Waals surface area contributed by atoms with Gasteiger partial charge in [0.25, 0.3) is 0 Å². The summed E-state index contributed by atoms with van der Waals surface area (Å²) in [5, 5.41) is 9.94. The summed E-state index contributed by atoms with van der Waals surface area (Å²) in [6.07, 6.45) is 2.87.